The van der Waals surface area contributed by atoms with Crippen LogP contribution in [0.2, 0.25) is 0 Å². The van der Waals surface area contributed by atoms with Crippen molar-refractivity contribution < 1.29 is 48.3 Å². The van der Waals surface area contributed by atoms with Crippen LogP contribution in [0.25, 0.3) is 0 Å². The number of sulfone groups is 1. The number of carbonyl (C=O) groups excluding carboxylic acids is 1. The van der Waals surface area contributed by atoms with Crippen LogP contribution in [0.15, 0.2) is 71.9 Å². The van der Waals surface area contributed by atoms with E-state index in [4.69, 9.17) is 0 Å². The number of benzene rings is 2. The summed E-state index contributed by atoms with van der Waals surface area (Å²) in [6, 6.07) is 8.33. The molecule has 1 fully saturated rings. The van der Waals surface area contributed by atoms with Crippen LogP contribution in [0.3, 0.4) is 0 Å². The molecule has 2 aliphatic rings. The van der Waals surface area contributed by atoms with Crippen molar-refractivity contribution in [2.75, 3.05) is 5.32 Å². The second-order valence-corrected chi connectivity index (χ2v) is 12.6. The van der Waals surface area contributed by atoms with Gasteiger partial charge in [0.2, 0.25) is 5.91 Å². The molecule has 5 rings (SSSR count). The Labute approximate surface area is 234 Å². The van der Waals surface area contributed by atoms with Crippen LogP contribution in [0.1, 0.15) is 36.0 Å². The molecule has 0 aliphatic heterocycles. The molecule has 0 spiro atoms. The zero-order valence-electron chi connectivity index (χ0n) is 21.4. The minimum Gasteiger partial charge on any atom is -0.326 e. The van der Waals surface area contributed by atoms with E-state index in [-0.39, 0.29) is 41.7 Å². The minimum absolute atomic E-state index is 0.0152. The van der Waals surface area contributed by atoms with E-state index < -0.39 is 61.7 Å². The van der Waals surface area contributed by atoms with E-state index in [0.717, 1.165) is 30.3 Å². The summed E-state index contributed by atoms with van der Waals surface area (Å²) in [5, 5.41) is 2.70. The van der Waals surface area contributed by atoms with Gasteiger partial charge in [-0.15, -0.1) is 0 Å². The number of hydrogen-bond acceptors (Lipinski definition) is 4. The van der Waals surface area contributed by atoms with Gasteiger partial charge in [0, 0.05) is 29.6 Å². The lowest BCUT2D eigenvalue weighted by atomic mass is 9.72. The maximum Gasteiger partial charge on any atom is 0.435 e. The molecule has 14 heteroatoms. The van der Waals surface area contributed by atoms with Gasteiger partial charge in [-0.2, -0.15) is 26.3 Å². The highest BCUT2D eigenvalue weighted by molar-refractivity contribution is 7.92. The third kappa shape index (κ3) is 4.45. The van der Waals surface area contributed by atoms with Gasteiger partial charge >= 0.3 is 18.0 Å². The number of nitrogens with one attached hydrogen (secondary N) is 1. The predicted molar refractivity (Wildman–Crippen MR) is 134 cm³/mol. The number of nitrogens with zero attached hydrogens (tertiary/aromatic N) is 1. The maximum absolute atomic E-state index is 14.9. The molecule has 1 N–H and O–H groups in total. The number of rotatable bonds is 5. The fraction of sp³-hybridized carbons (Fsp3) is 0.357. The largest absolute Gasteiger partial charge is 0.435 e. The second-order valence-electron chi connectivity index (χ2n) is 10.4. The van der Waals surface area contributed by atoms with E-state index in [2.05, 4.69) is 10.3 Å². The van der Waals surface area contributed by atoms with E-state index in [0.29, 0.717) is 17.8 Å². The number of carbonyl (C=O) groups is 1. The number of anilines is 1. The quantitative estimate of drug-likeness (QED) is 0.253. The Morgan fingerprint density at radius 3 is 2.10 bits per heavy atom. The van der Waals surface area contributed by atoms with Crippen LogP contribution in [0.4, 0.5) is 40.8 Å². The zero-order chi connectivity index (χ0) is 30.7. The molecule has 0 radical (unpaired) electrons. The molecule has 224 valence electrons. The summed E-state index contributed by atoms with van der Waals surface area (Å²) in [4.78, 5) is 16.9. The van der Waals surface area contributed by atoms with Crippen LogP contribution in [-0.4, -0.2) is 31.7 Å². The predicted octanol–water partition coefficient (Wildman–Crippen LogP) is 6.79. The lowest BCUT2D eigenvalue weighted by Crippen LogP contribution is -2.51. The number of aromatic nitrogens is 1. The molecule has 1 amide bonds. The van der Waals surface area contributed by atoms with Crippen LogP contribution < -0.4 is 5.32 Å². The highest BCUT2D eigenvalue weighted by Crippen LogP contribution is 2.60. The van der Waals surface area contributed by atoms with Crippen molar-refractivity contribution in [1.29, 1.82) is 0 Å². The maximum atomic E-state index is 14.9. The van der Waals surface area contributed by atoms with Crippen LogP contribution in [0, 0.1) is 17.7 Å². The number of alkyl halides is 7. The van der Waals surface area contributed by atoms with Crippen molar-refractivity contribution in [2.45, 2.75) is 53.3 Å². The summed E-state index contributed by atoms with van der Waals surface area (Å²) in [6.07, 6.45) is -10.4. The van der Waals surface area contributed by atoms with Gasteiger partial charge in [-0.3, -0.25) is 9.78 Å². The van der Waals surface area contributed by atoms with Crippen LogP contribution >= 0.6 is 0 Å². The Morgan fingerprint density at radius 1 is 0.881 bits per heavy atom. The van der Waals surface area contributed by atoms with Gasteiger partial charge in [-0.1, -0.05) is 18.2 Å². The number of halogens is 8. The molecule has 5 nitrogen and oxygen atoms in total. The number of aryl methyl sites for hydroxylation is 1. The number of pyridine rings is 1. The molecular weight excluding hydrogens is 596 g/mol. The monoisotopic (exact) mass is 618 g/mol. The van der Waals surface area contributed by atoms with Crippen molar-refractivity contribution in [3.8, 4) is 0 Å². The average molecular weight is 619 g/mol. The van der Waals surface area contributed by atoms with Gasteiger partial charge in [-0.05, 0) is 79.1 Å². The van der Waals surface area contributed by atoms with E-state index in [1.807, 2.05) is 0 Å². The molecule has 3 atom stereocenters. The van der Waals surface area contributed by atoms with Crippen molar-refractivity contribution >= 4 is 21.4 Å². The van der Waals surface area contributed by atoms with Crippen molar-refractivity contribution in [1.82, 2.24) is 4.98 Å². The van der Waals surface area contributed by atoms with E-state index in [9.17, 15) is 48.3 Å². The molecule has 1 saturated carbocycles. The molecule has 0 unspecified atom stereocenters. The Hall–Kier alpha value is -3.55. The van der Waals surface area contributed by atoms with E-state index in [1.165, 1.54) is 24.5 Å². The first-order valence-corrected chi connectivity index (χ1v) is 14.2. The lowest BCUT2D eigenvalue weighted by Gasteiger charge is -2.42. The topological polar surface area (TPSA) is 76.1 Å². The van der Waals surface area contributed by atoms with E-state index in [1.54, 1.807) is 0 Å². The van der Waals surface area contributed by atoms with E-state index >= 15 is 0 Å². The molecule has 0 bridgehead atoms. The number of fused-ring (bicyclic) bond motifs is 3. The van der Waals surface area contributed by atoms with Crippen molar-refractivity contribution in [2.24, 2.45) is 11.8 Å². The first kappa shape index (κ1) is 29.9. The summed E-state index contributed by atoms with van der Waals surface area (Å²) < 4.78 is 136. The van der Waals surface area contributed by atoms with Crippen LogP contribution in [-0.2, 0) is 31.5 Å². The Kier molecular flexibility index (Phi) is 7.14. The third-order valence-electron chi connectivity index (χ3n) is 8.26. The summed E-state index contributed by atoms with van der Waals surface area (Å²) in [6.45, 7) is 0. The molecule has 1 aromatic heterocycles. The third-order valence-corrected chi connectivity index (χ3v) is 10.8. The fourth-order valence-electron chi connectivity index (χ4n) is 6.36. The molecular formula is C28H22F8N2O3S. The van der Waals surface area contributed by atoms with Gasteiger partial charge in [0.1, 0.15) is 10.6 Å². The summed E-state index contributed by atoms with van der Waals surface area (Å²) >= 11 is 0. The van der Waals surface area contributed by atoms with Crippen molar-refractivity contribution in [3.05, 3.63) is 89.5 Å². The smallest absolute Gasteiger partial charge is 0.326 e. The highest BCUT2D eigenvalue weighted by atomic mass is 32.2. The van der Waals surface area contributed by atoms with Crippen LogP contribution in [0.5, 0.6) is 0 Å². The van der Waals surface area contributed by atoms with Gasteiger partial charge in [0.05, 0.1) is 4.90 Å². The normalized spacial score (nSPS) is 22.8. The Bertz CT molecular complexity index is 1590. The first-order chi connectivity index (χ1) is 19.5. The molecule has 1 heterocycles. The summed E-state index contributed by atoms with van der Waals surface area (Å²) in [5.74, 6) is -3.13. The molecule has 3 aromatic rings. The molecule has 0 saturated heterocycles. The fourth-order valence-corrected chi connectivity index (χ4v) is 8.83. The Morgan fingerprint density at radius 2 is 1.50 bits per heavy atom. The standard InChI is InChI=1S/C28H22F8N2O3S/c29-18-3-5-20(6-4-18)42(40,41)25-12-9-21(24(39)38-19-10-13-37-14-11-19)23(25)7-1-16-15-17(2-8-22(16)25)26(30,27(31,32)33)28(34,35)36/h2-6,8,10-11,13-15,21,23H,1,7,9,12H2,(H,37,38,39)/t21-,23-,25+/m1/s1. The zero-order valence-corrected chi connectivity index (χ0v) is 22.3. The van der Waals surface area contributed by atoms with Gasteiger partial charge < -0.3 is 5.32 Å². The van der Waals surface area contributed by atoms with Gasteiger partial charge in [-0.25, -0.2) is 17.2 Å². The highest BCUT2D eigenvalue weighted by Gasteiger charge is 2.73. The second kappa shape index (κ2) is 10.0. The SMILES string of the molecule is O=C(Nc1ccncc1)[C@@H]1CC[C@]2(S(=O)(=O)c3ccc(F)cc3)c3ccc(C(F)(C(F)(F)F)C(F)(F)F)cc3CC[C@H]12. The molecule has 42 heavy (non-hydrogen) atoms. The number of amides is 1. The Balaban J connectivity index is 1.67. The average Bonchev–Trinajstić information content (AvgIpc) is 3.34. The lowest BCUT2D eigenvalue weighted by molar-refractivity contribution is -0.348. The summed E-state index contributed by atoms with van der Waals surface area (Å²) in [7, 11) is -4.53. The van der Waals surface area contributed by atoms with Gasteiger partial charge in [0.25, 0.3) is 0 Å². The van der Waals surface area contributed by atoms with Gasteiger partial charge in [0.15, 0.2) is 9.84 Å². The first-order valence-electron chi connectivity index (χ1n) is 12.7. The number of hydrogen-bond donors (Lipinski definition) is 1. The molecule has 2 aliphatic carbocycles. The minimum atomic E-state index is -6.35. The summed E-state index contributed by atoms with van der Waals surface area (Å²) in [5.41, 5.74) is -7.36. The molecule has 2 aromatic carbocycles. The van der Waals surface area contributed by atoms with Crippen molar-refractivity contribution in [3.63, 3.8) is 0 Å².